The first-order valence-electron chi connectivity index (χ1n) is 6.05. The third-order valence-corrected chi connectivity index (χ3v) is 5.75. The lowest BCUT2D eigenvalue weighted by atomic mass is 10.2. The third-order valence-electron chi connectivity index (χ3n) is 2.31. The molecule has 0 unspecified atom stereocenters. The fraction of sp³-hybridized carbons (Fsp3) is 0.385. The van der Waals surface area contributed by atoms with Gasteiger partial charge in [-0.2, -0.15) is 21.6 Å². The molecule has 0 aliphatic carbocycles. The molecule has 0 saturated carbocycles. The van der Waals surface area contributed by atoms with Crippen molar-refractivity contribution in [2.75, 3.05) is 0 Å². The van der Waals surface area contributed by atoms with Crippen LogP contribution in [0.2, 0.25) is 0 Å². The number of benzene rings is 1. The Morgan fingerprint density at radius 2 is 1.86 bits per heavy atom. The van der Waals surface area contributed by atoms with Crippen LogP contribution in [0.25, 0.3) is 0 Å². The van der Waals surface area contributed by atoms with E-state index in [0.29, 0.717) is 6.42 Å². The van der Waals surface area contributed by atoms with E-state index in [2.05, 4.69) is 4.18 Å². The highest BCUT2D eigenvalue weighted by atomic mass is 127. The van der Waals surface area contributed by atoms with Crippen LogP contribution in [0.4, 0.5) is 13.2 Å². The van der Waals surface area contributed by atoms with Crippen molar-refractivity contribution < 1.29 is 47.0 Å². The fourth-order valence-electron chi connectivity index (χ4n) is 1.28. The maximum atomic E-state index is 12.3. The molecular weight excluding hydrogens is 420 g/mol. The molecular formula is C13H15F3IO3S+. The van der Waals surface area contributed by atoms with Gasteiger partial charge in [0.2, 0.25) is 0 Å². The van der Waals surface area contributed by atoms with Gasteiger partial charge < -0.3 is 4.18 Å². The molecule has 0 radical (unpaired) electrons. The van der Waals surface area contributed by atoms with Gasteiger partial charge >= 0.3 is 36.8 Å². The summed E-state index contributed by atoms with van der Waals surface area (Å²) in [6.07, 6.45) is 0.651. The Labute approximate surface area is 132 Å². The minimum Gasteiger partial charge on any atom is -0.376 e. The average Bonchev–Trinajstić information content (AvgIpc) is 2.36. The maximum absolute atomic E-state index is 12.3. The van der Waals surface area contributed by atoms with Crippen molar-refractivity contribution in [1.29, 1.82) is 0 Å². The molecule has 8 heteroatoms. The highest BCUT2D eigenvalue weighted by Gasteiger charge is 2.49. The highest BCUT2D eigenvalue weighted by molar-refractivity contribution is 7.87. The van der Waals surface area contributed by atoms with Gasteiger partial charge in [0.15, 0.2) is 13.4 Å². The third kappa shape index (κ3) is 5.85. The van der Waals surface area contributed by atoms with Crippen molar-refractivity contribution in [3.05, 3.63) is 43.2 Å². The number of allylic oxidation sites excluding steroid dienone is 1. The fourth-order valence-corrected chi connectivity index (χ4v) is 3.88. The Morgan fingerprint density at radius 1 is 1.29 bits per heavy atom. The second-order valence-corrected chi connectivity index (χ2v) is 8.24. The largest absolute Gasteiger partial charge is 0.534 e. The van der Waals surface area contributed by atoms with Gasteiger partial charge in [0, 0.05) is 6.42 Å². The molecule has 0 aliphatic heterocycles. The molecule has 0 bridgehead atoms. The molecule has 0 aromatic heterocycles. The van der Waals surface area contributed by atoms with E-state index in [4.69, 9.17) is 0 Å². The van der Waals surface area contributed by atoms with Crippen LogP contribution in [0, 0.1) is 10.5 Å². The van der Waals surface area contributed by atoms with E-state index in [-0.39, 0.29) is 12.2 Å². The van der Waals surface area contributed by atoms with E-state index >= 15 is 0 Å². The zero-order chi connectivity index (χ0) is 16.1. The molecule has 1 aromatic rings. The summed E-state index contributed by atoms with van der Waals surface area (Å²) in [5, 5.41) is 0. The highest BCUT2D eigenvalue weighted by Crippen LogP contribution is 2.27. The molecule has 0 saturated heterocycles. The standard InChI is InChI=1S/C13H15F3IO3S/c1-3-4-12(20-21(18,19)13(14,15)16)9-17-11-7-5-10(2)6-8-11/h5-9H,3-4H2,1-2H3/q+1/b12-9+. The van der Waals surface area contributed by atoms with Gasteiger partial charge in [0.1, 0.15) is 0 Å². The first kappa shape index (κ1) is 18.3. The average molecular weight is 435 g/mol. The van der Waals surface area contributed by atoms with Gasteiger partial charge in [0.05, 0.1) is 0 Å². The summed E-state index contributed by atoms with van der Waals surface area (Å²) in [4.78, 5) is 0. The van der Waals surface area contributed by atoms with Crippen LogP contribution in [0.5, 0.6) is 0 Å². The maximum Gasteiger partial charge on any atom is 0.534 e. The van der Waals surface area contributed by atoms with Gasteiger partial charge in [0.25, 0.3) is 0 Å². The molecule has 1 aromatic carbocycles. The van der Waals surface area contributed by atoms with Gasteiger partial charge in [-0.3, -0.25) is 0 Å². The Kier molecular flexibility index (Phi) is 6.51. The van der Waals surface area contributed by atoms with Gasteiger partial charge in [-0.1, -0.05) is 24.6 Å². The van der Waals surface area contributed by atoms with Crippen molar-refractivity contribution in [2.45, 2.75) is 32.2 Å². The summed E-state index contributed by atoms with van der Waals surface area (Å²) in [5.41, 5.74) is -4.32. The van der Waals surface area contributed by atoms with Gasteiger partial charge in [-0.25, -0.2) is 0 Å². The molecule has 21 heavy (non-hydrogen) atoms. The quantitative estimate of drug-likeness (QED) is 0.287. The number of halogens is 4. The Morgan fingerprint density at radius 3 is 2.33 bits per heavy atom. The van der Waals surface area contributed by atoms with Crippen LogP contribution in [-0.2, 0) is 14.3 Å². The summed E-state index contributed by atoms with van der Waals surface area (Å²) in [6.45, 7) is 3.67. The molecule has 3 nitrogen and oxygen atoms in total. The second-order valence-electron chi connectivity index (χ2n) is 4.21. The monoisotopic (exact) mass is 435 g/mol. The van der Waals surface area contributed by atoms with Crippen LogP contribution in [-0.4, -0.2) is 13.9 Å². The summed E-state index contributed by atoms with van der Waals surface area (Å²) < 4.78 is 65.6. The van der Waals surface area contributed by atoms with E-state index in [9.17, 15) is 21.6 Å². The lowest BCUT2D eigenvalue weighted by molar-refractivity contribution is -0.558. The minimum absolute atomic E-state index is 0.136. The number of alkyl halides is 3. The molecule has 0 fully saturated rings. The number of rotatable bonds is 6. The molecule has 118 valence electrons. The first-order chi connectivity index (χ1) is 9.65. The molecule has 0 aliphatic rings. The molecule has 0 heterocycles. The smallest absolute Gasteiger partial charge is 0.376 e. The van der Waals surface area contributed by atoms with E-state index in [1.807, 2.05) is 31.2 Å². The SMILES string of the molecule is CCC/C(=C\[I+]c1ccc(C)cc1)OS(=O)(=O)C(F)(F)F. The van der Waals surface area contributed by atoms with Gasteiger partial charge in [-0.05, 0) is 25.5 Å². The van der Waals surface area contributed by atoms with Crippen LogP contribution in [0.3, 0.4) is 0 Å². The molecule has 0 spiro atoms. The zero-order valence-corrected chi connectivity index (χ0v) is 14.4. The lowest BCUT2D eigenvalue weighted by Crippen LogP contribution is -3.59. The summed E-state index contributed by atoms with van der Waals surface area (Å²) in [7, 11) is -5.58. The van der Waals surface area contributed by atoms with E-state index in [0.717, 1.165) is 9.13 Å². The van der Waals surface area contributed by atoms with Crippen molar-refractivity contribution in [3.8, 4) is 0 Å². The van der Waals surface area contributed by atoms with E-state index in [1.54, 1.807) is 6.92 Å². The number of aryl methyl sites for hydroxylation is 1. The Balaban J connectivity index is 2.86. The summed E-state index contributed by atoms with van der Waals surface area (Å²) in [6, 6.07) is 7.55. The first-order valence-corrected chi connectivity index (χ1v) is 9.79. The van der Waals surface area contributed by atoms with Crippen molar-refractivity contribution in [1.82, 2.24) is 0 Å². The van der Waals surface area contributed by atoms with Crippen LogP contribution < -0.4 is 21.2 Å². The van der Waals surface area contributed by atoms with Crippen LogP contribution in [0.1, 0.15) is 25.3 Å². The molecule has 0 amide bonds. The number of hydrogen-bond donors (Lipinski definition) is 0. The van der Waals surface area contributed by atoms with E-state index < -0.39 is 36.8 Å². The Hall–Kier alpha value is -0.770. The second kappa shape index (κ2) is 7.48. The number of hydrogen-bond acceptors (Lipinski definition) is 3. The van der Waals surface area contributed by atoms with Crippen molar-refractivity contribution in [3.63, 3.8) is 0 Å². The summed E-state index contributed by atoms with van der Waals surface area (Å²) >= 11 is -0.749. The minimum atomic E-state index is -5.58. The summed E-state index contributed by atoms with van der Waals surface area (Å²) in [5.74, 6) is -0.136. The van der Waals surface area contributed by atoms with Gasteiger partial charge in [-0.15, -0.1) is 0 Å². The predicted molar refractivity (Wildman–Crippen MR) is 68.9 cm³/mol. The normalized spacial score (nSPS) is 13.3. The van der Waals surface area contributed by atoms with Crippen LogP contribution in [0.15, 0.2) is 34.1 Å². The van der Waals surface area contributed by atoms with Crippen molar-refractivity contribution >= 4 is 10.1 Å². The van der Waals surface area contributed by atoms with Crippen molar-refractivity contribution in [2.24, 2.45) is 0 Å². The Bertz CT molecular complexity index is 592. The molecule has 0 atom stereocenters. The predicted octanol–water partition coefficient (Wildman–Crippen LogP) is 0.761. The molecule has 0 N–H and O–H groups in total. The van der Waals surface area contributed by atoms with Crippen LogP contribution >= 0.6 is 0 Å². The molecule has 1 rings (SSSR count). The zero-order valence-electron chi connectivity index (χ0n) is 11.4. The lowest BCUT2D eigenvalue weighted by Gasteiger charge is -2.09. The van der Waals surface area contributed by atoms with E-state index in [1.165, 1.54) is 4.08 Å². The topological polar surface area (TPSA) is 43.4 Å².